The number of aromatic nitrogens is 1. The molecule has 0 fully saturated rings. The van der Waals surface area contributed by atoms with E-state index in [1.807, 2.05) is 0 Å². The minimum atomic E-state index is -0.385. The Bertz CT molecular complexity index is 588. The van der Waals surface area contributed by atoms with Crippen LogP contribution in [0.2, 0.25) is 5.02 Å². The average Bonchev–Trinajstić information content (AvgIpc) is 2.38. The topological polar surface area (TPSA) is 80.0 Å². The number of nitrogens with two attached hydrogens (primary N) is 1. The molecule has 2 amide bonds. The minimum absolute atomic E-state index is 0.325. The monoisotopic (exact) mass is 276 g/mol. The molecular weight excluding hydrogens is 264 g/mol. The maximum Gasteiger partial charge on any atom is 0.324 e. The van der Waals surface area contributed by atoms with Crippen LogP contribution in [0.5, 0.6) is 0 Å². The number of hydrogen-bond donors (Lipinski definition) is 3. The lowest BCUT2D eigenvalue weighted by Gasteiger charge is -2.08. The summed E-state index contributed by atoms with van der Waals surface area (Å²) in [4.78, 5) is 15.9. The Kier molecular flexibility index (Phi) is 4.33. The van der Waals surface area contributed by atoms with Crippen LogP contribution in [0.1, 0.15) is 5.69 Å². The second kappa shape index (κ2) is 6.17. The number of halogens is 1. The van der Waals surface area contributed by atoms with E-state index in [4.69, 9.17) is 17.3 Å². The average molecular weight is 277 g/mol. The summed E-state index contributed by atoms with van der Waals surface area (Å²) in [5.74, 6) is 0.447. The Labute approximate surface area is 115 Å². The summed E-state index contributed by atoms with van der Waals surface area (Å²) in [6, 6.07) is 11.8. The van der Waals surface area contributed by atoms with Gasteiger partial charge < -0.3 is 11.1 Å². The van der Waals surface area contributed by atoms with Gasteiger partial charge in [-0.05, 0) is 30.3 Å². The van der Waals surface area contributed by atoms with Gasteiger partial charge in [0.15, 0.2) is 0 Å². The number of carbonyl (C=O) groups is 1. The van der Waals surface area contributed by atoms with Crippen LogP contribution in [0.15, 0.2) is 42.5 Å². The number of rotatable bonds is 3. The van der Waals surface area contributed by atoms with E-state index in [2.05, 4.69) is 15.6 Å². The molecule has 6 heteroatoms. The van der Waals surface area contributed by atoms with E-state index in [0.717, 1.165) is 0 Å². The number of urea groups is 1. The largest absolute Gasteiger partial charge is 0.325 e. The highest BCUT2D eigenvalue weighted by molar-refractivity contribution is 6.30. The third-order valence-electron chi connectivity index (χ3n) is 2.34. The van der Waals surface area contributed by atoms with Crippen LogP contribution in [-0.2, 0) is 6.54 Å². The fraction of sp³-hybridized carbons (Fsp3) is 0.0769. The van der Waals surface area contributed by atoms with Crippen molar-refractivity contribution < 1.29 is 4.79 Å². The van der Waals surface area contributed by atoms with Gasteiger partial charge in [-0.1, -0.05) is 23.7 Å². The van der Waals surface area contributed by atoms with Crippen molar-refractivity contribution in [3.8, 4) is 0 Å². The second-order valence-corrected chi connectivity index (χ2v) is 4.24. The molecule has 0 saturated carbocycles. The molecule has 0 spiro atoms. The van der Waals surface area contributed by atoms with Crippen molar-refractivity contribution >= 4 is 29.1 Å². The van der Waals surface area contributed by atoms with Gasteiger partial charge >= 0.3 is 6.03 Å². The van der Waals surface area contributed by atoms with Gasteiger partial charge in [-0.2, -0.15) is 0 Å². The van der Waals surface area contributed by atoms with E-state index in [9.17, 15) is 4.79 Å². The van der Waals surface area contributed by atoms with E-state index in [1.165, 1.54) is 0 Å². The molecule has 0 saturated heterocycles. The van der Waals surface area contributed by atoms with Crippen molar-refractivity contribution in [3.05, 3.63) is 53.2 Å². The Balaban J connectivity index is 2.01. The van der Waals surface area contributed by atoms with E-state index < -0.39 is 0 Å². The summed E-state index contributed by atoms with van der Waals surface area (Å²) in [6.45, 7) is 0.325. The molecular formula is C13H13ClN4O. The minimum Gasteiger partial charge on any atom is -0.325 e. The zero-order chi connectivity index (χ0) is 13.7. The first-order valence-electron chi connectivity index (χ1n) is 5.67. The zero-order valence-corrected chi connectivity index (χ0v) is 10.8. The van der Waals surface area contributed by atoms with Crippen molar-refractivity contribution in [2.45, 2.75) is 6.54 Å². The van der Waals surface area contributed by atoms with Crippen LogP contribution in [0.3, 0.4) is 0 Å². The lowest BCUT2D eigenvalue weighted by Crippen LogP contribution is -2.20. The van der Waals surface area contributed by atoms with E-state index in [1.54, 1.807) is 42.5 Å². The fourth-order valence-corrected chi connectivity index (χ4v) is 1.70. The van der Waals surface area contributed by atoms with Crippen molar-refractivity contribution in [2.75, 3.05) is 10.6 Å². The first-order valence-corrected chi connectivity index (χ1v) is 6.05. The first-order chi connectivity index (χ1) is 9.17. The van der Waals surface area contributed by atoms with Gasteiger partial charge in [0.1, 0.15) is 5.82 Å². The summed E-state index contributed by atoms with van der Waals surface area (Å²) in [5, 5.41) is 5.84. The molecule has 1 aromatic heterocycles. The van der Waals surface area contributed by atoms with Gasteiger partial charge in [-0.25, -0.2) is 9.78 Å². The maximum atomic E-state index is 11.8. The normalized spacial score (nSPS) is 10.0. The Hall–Kier alpha value is -2.11. The Morgan fingerprint density at radius 1 is 1.21 bits per heavy atom. The third kappa shape index (κ3) is 3.94. The predicted molar refractivity (Wildman–Crippen MR) is 76.2 cm³/mol. The Morgan fingerprint density at radius 3 is 2.74 bits per heavy atom. The van der Waals surface area contributed by atoms with Gasteiger partial charge in [0.2, 0.25) is 0 Å². The summed E-state index contributed by atoms with van der Waals surface area (Å²) in [6.07, 6.45) is 0. The van der Waals surface area contributed by atoms with Crippen molar-refractivity contribution in [1.82, 2.24) is 4.98 Å². The summed E-state index contributed by atoms with van der Waals surface area (Å²) >= 11 is 5.83. The quantitative estimate of drug-likeness (QED) is 0.806. The van der Waals surface area contributed by atoms with Crippen LogP contribution in [-0.4, -0.2) is 11.0 Å². The SMILES string of the molecule is NCc1cccc(NC(=O)Nc2cccc(Cl)c2)n1. The number of pyridine rings is 1. The molecule has 0 unspecified atom stereocenters. The fourth-order valence-electron chi connectivity index (χ4n) is 1.51. The number of anilines is 2. The van der Waals surface area contributed by atoms with Crippen LogP contribution in [0, 0.1) is 0 Å². The molecule has 0 atom stereocenters. The highest BCUT2D eigenvalue weighted by Crippen LogP contribution is 2.15. The van der Waals surface area contributed by atoms with Crippen molar-refractivity contribution in [1.29, 1.82) is 0 Å². The molecule has 1 heterocycles. The lowest BCUT2D eigenvalue weighted by atomic mass is 10.3. The molecule has 0 aliphatic rings. The van der Waals surface area contributed by atoms with Crippen LogP contribution >= 0.6 is 11.6 Å². The van der Waals surface area contributed by atoms with Crippen molar-refractivity contribution in [3.63, 3.8) is 0 Å². The van der Waals surface area contributed by atoms with Crippen LogP contribution in [0.4, 0.5) is 16.3 Å². The molecule has 0 aliphatic heterocycles. The van der Waals surface area contributed by atoms with E-state index in [-0.39, 0.29) is 6.03 Å². The number of amides is 2. The Morgan fingerprint density at radius 2 is 2.00 bits per heavy atom. The highest BCUT2D eigenvalue weighted by atomic mass is 35.5. The van der Waals surface area contributed by atoms with Gasteiger partial charge in [0, 0.05) is 17.3 Å². The molecule has 98 valence electrons. The predicted octanol–water partition coefficient (Wildman–Crippen LogP) is 2.84. The molecule has 2 rings (SSSR count). The number of nitrogens with one attached hydrogen (secondary N) is 2. The summed E-state index contributed by atoms with van der Waals surface area (Å²) < 4.78 is 0. The molecule has 0 bridgehead atoms. The molecule has 0 aliphatic carbocycles. The second-order valence-electron chi connectivity index (χ2n) is 3.81. The van der Waals surface area contributed by atoms with Gasteiger partial charge in [0.25, 0.3) is 0 Å². The van der Waals surface area contributed by atoms with Gasteiger partial charge in [0.05, 0.1) is 5.69 Å². The lowest BCUT2D eigenvalue weighted by molar-refractivity contribution is 0.262. The molecule has 19 heavy (non-hydrogen) atoms. The summed E-state index contributed by atoms with van der Waals surface area (Å²) in [5.41, 5.74) is 6.80. The molecule has 5 nitrogen and oxygen atoms in total. The first kappa shape index (κ1) is 13.3. The van der Waals surface area contributed by atoms with Gasteiger partial charge in [-0.15, -0.1) is 0 Å². The van der Waals surface area contributed by atoms with E-state index >= 15 is 0 Å². The number of nitrogens with zero attached hydrogens (tertiary/aromatic N) is 1. The standard InChI is InChI=1S/C13H13ClN4O/c14-9-3-1-4-10(7-9)17-13(19)18-12-6-2-5-11(8-15)16-12/h1-7H,8,15H2,(H2,16,17,18,19). The number of hydrogen-bond acceptors (Lipinski definition) is 3. The maximum absolute atomic E-state index is 11.8. The molecule has 4 N–H and O–H groups in total. The number of benzene rings is 1. The van der Waals surface area contributed by atoms with Crippen LogP contribution < -0.4 is 16.4 Å². The molecule has 0 radical (unpaired) electrons. The molecule has 1 aromatic carbocycles. The van der Waals surface area contributed by atoms with Crippen molar-refractivity contribution in [2.24, 2.45) is 5.73 Å². The van der Waals surface area contributed by atoms with E-state index in [0.29, 0.717) is 28.8 Å². The third-order valence-corrected chi connectivity index (χ3v) is 2.58. The smallest absolute Gasteiger partial charge is 0.324 e. The van der Waals surface area contributed by atoms with Gasteiger partial charge in [-0.3, -0.25) is 5.32 Å². The summed E-state index contributed by atoms with van der Waals surface area (Å²) in [7, 11) is 0. The zero-order valence-electron chi connectivity index (χ0n) is 10.1. The highest BCUT2D eigenvalue weighted by Gasteiger charge is 2.04. The number of carbonyl (C=O) groups excluding carboxylic acids is 1. The molecule has 2 aromatic rings. The van der Waals surface area contributed by atoms with Crippen LogP contribution in [0.25, 0.3) is 0 Å².